The normalized spacial score (nSPS) is 17.5. The Kier molecular flexibility index (Phi) is 2.95. The summed E-state index contributed by atoms with van der Waals surface area (Å²) in [4.78, 5) is 12.5. The van der Waals surface area contributed by atoms with Crippen molar-refractivity contribution in [1.82, 2.24) is 0 Å². The van der Waals surface area contributed by atoms with Crippen molar-refractivity contribution in [2.24, 2.45) is 0 Å². The highest BCUT2D eigenvalue weighted by molar-refractivity contribution is 6.04. The molecule has 0 aromatic heterocycles. The number of carbonyl (C=O) groups is 1. The molecule has 1 aliphatic heterocycles. The minimum Gasteiger partial charge on any atom is -0.497 e. The fourth-order valence-corrected chi connectivity index (χ4v) is 2.32. The van der Waals surface area contributed by atoms with Gasteiger partial charge in [-0.2, -0.15) is 0 Å². The van der Waals surface area contributed by atoms with E-state index >= 15 is 0 Å². The topological polar surface area (TPSA) is 35.5 Å². The van der Waals surface area contributed by atoms with Gasteiger partial charge in [-0.15, -0.1) is 0 Å². The second-order valence-electron chi connectivity index (χ2n) is 4.50. The lowest BCUT2D eigenvalue weighted by Crippen LogP contribution is -2.25. The van der Waals surface area contributed by atoms with E-state index in [0.29, 0.717) is 23.7 Å². The SMILES string of the molecule is COc1ccc2c(c1)OCC(c1ccccc1)C2=O. The van der Waals surface area contributed by atoms with Crippen LogP contribution < -0.4 is 9.47 Å². The van der Waals surface area contributed by atoms with Gasteiger partial charge in [0, 0.05) is 6.07 Å². The van der Waals surface area contributed by atoms with Gasteiger partial charge in [0.2, 0.25) is 0 Å². The van der Waals surface area contributed by atoms with Crippen LogP contribution in [0.3, 0.4) is 0 Å². The first-order valence-electron chi connectivity index (χ1n) is 6.19. The van der Waals surface area contributed by atoms with E-state index in [1.165, 1.54) is 0 Å². The van der Waals surface area contributed by atoms with Gasteiger partial charge in [0.1, 0.15) is 18.1 Å². The molecule has 1 atom stereocenters. The first-order chi connectivity index (χ1) is 9.29. The Hall–Kier alpha value is -2.29. The minimum absolute atomic E-state index is 0.107. The monoisotopic (exact) mass is 254 g/mol. The highest BCUT2D eigenvalue weighted by Crippen LogP contribution is 2.34. The van der Waals surface area contributed by atoms with Gasteiger partial charge in [-0.25, -0.2) is 0 Å². The number of rotatable bonds is 2. The Bertz CT molecular complexity index is 605. The van der Waals surface area contributed by atoms with Gasteiger partial charge in [0.05, 0.1) is 18.6 Å². The van der Waals surface area contributed by atoms with Crippen molar-refractivity contribution in [1.29, 1.82) is 0 Å². The van der Waals surface area contributed by atoms with E-state index in [1.54, 1.807) is 25.3 Å². The lowest BCUT2D eigenvalue weighted by Gasteiger charge is -2.24. The summed E-state index contributed by atoms with van der Waals surface area (Å²) in [6, 6.07) is 15.0. The Labute approximate surface area is 111 Å². The van der Waals surface area contributed by atoms with Gasteiger partial charge in [0.25, 0.3) is 0 Å². The number of benzene rings is 2. The molecule has 3 nitrogen and oxygen atoms in total. The summed E-state index contributed by atoms with van der Waals surface area (Å²) in [6.45, 7) is 0.378. The molecule has 0 bridgehead atoms. The molecule has 0 radical (unpaired) electrons. The van der Waals surface area contributed by atoms with Crippen molar-refractivity contribution < 1.29 is 14.3 Å². The molecule has 19 heavy (non-hydrogen) atoms. The van der Waals surface area contributed by atoms with Crippen LogP contribution in [0.1, 0.15) is 21.8 Å². The molecule has 3 rings (SSSR count). The van der Waals surface area contributed by atoms with Gasteiger partial charge in [-0.05, 0) is 17.7 Å². The van der Waals surface area contributed by atoms with Crippen LogP contribution in [0.5, 0.6) is 11.5 Å². The zero-order valence-corrected chi connectivity index (χ0v) is 10.6. The van der Waals surface area contributed by atoms with E-state index in [1.807, 2.05) is 30.3 Å². The van der Waals surface area contributed by atoms with Crippen LogP contribution in [-0.4, -0.2) is 19.5 Å². The van der Waals surface area contributed by atoms with Crippen molar-refractivity contribution in [3.8, 4) is 11.5 Å². The number of carbonyl (C=O) groups excluding carboxylic acids is 1. The molecule has 1 heterocycles. The molecular weight excluding hydrogens is 240 g/mol. The molecule has 0 saturated carbocycles. The molecule has 0 aliphatic carbocycles. The maximum Gasteiger partial charge on any atom is 0.177 e. The summed E-state index contributed by atoms with van der Waals surface area (Å²) in [5, 5.41) is 0. The molecule has 3 heteroatoms. The van der Waals surface area contributed by atoms with Crippen molar-refractivity contribution in [2.75, 3.05) is 13.7 Å². The van der Waals surface area contributed by atoms with E-state index in [4.69, 9.17) is 9.47 Å². The Morgan fingerprint density at radius 2 is 1.95 bits per heavy atom. The standard InChI is InChI=1S/C16H14O3/c1-18-12-7-8-13-15(9-12)19-10-14(16(13)17)11-5-3-2-4-6-11/h2-9,14H,10H2,1H3. The minimum atomic E-state index is -0.220. The van der Waals surface area contributed by atoms with Crippen molar-refractivity contribution in [3.63, 3.8) is 0 Å². The number of hydrogen-bond acceptors (Lipinski definition) is 3. The van der Waals surface area contributed by atoms with Crippen LogP contribution in [0.25, 0.3) is 0 Å². The average molecular weight is 254 g/mol. The summed E-state index contributed by atoms with van der Waals surface area (Å²) in [5.74, 6) is 1.19. The van der Waals surface area contributed by atoms with Crippen LogP contribution in [0.4, 0.5) is 0 Å². The second kappa shape index (κ2) is 4.76. The number of hydrogen-bond donors (Lipinski definition) is 0. The van der Waals surface area contributed by atoms with E-state index in [2.05, 4.69) is 0 Å². The summed E-state index contributed by atoms with van der Waals surface area (Å²) in [6.07, 6.45) is 0. The largest absolute Gasteiger partial charge is 0.497 e. The maximum atomic E-state index is 12.5. The lowest BCUT2D eigenvalue weighted by atomic mass is 9.89. The van der Waals surface area contributed by atoms with Gasteiger partial charge < -0.3 is 9.47 Å². The van der Waals surface area contributed by atoms with Crippen LogP contribution >= 0.6 is 0 Å². The van der Waals surface area contributed by atoms with E-state index < -0.39 is 0 Å². The molecule has 2 aromatic rings. The number of ketones is 1. The summed E-state index contributed by atoms with van der Waals surface area (Å²) < 4.78 is 10.8. The third-order valence-corrected chi connectivity index (χ3v) is 3.38. The van der Waals surface area contributed by atoms with Crippen LogP contribution in [0, 0.1) is 0 Å². The Balaban J connectivity index is 1.97. The van der Waals surface area contributed by atoms with Gasteiger partial charge >= 0.3 is 0 Å². The quantitative estimate of drug-likeness (QED) is 0.826. The number of fused-ring (bicyclic) bond motifs is 1. The molecule has 96 valence electrons. The number of Topliss-reactive ketones (excluding diaryl/α,β-unsaturated/α-hetero) is 1. The molecule has 1 aliphatic rings. The Morgan fingerprint density at radius 3 is 2.68 bits per heavy atom. The van der Waals surface area contributed by atoms with Crippen LogP contribution in [0.15, 0.2) is 48.5 Å². The highest BCUT2D eigenvalue weighted by atomic mass is 16.5. The second-order valence-corrected chi connectivity index (χ2v) is 4.50. The van der Waals surface area contributed by atoms with E-state index in [9.17, 15) is 4.79 Å². The summed E-state index contributed by atoms with van der Waals surface area (Å²) in [7, 11) is 1.60. The van der Waals surface area contributed by atoms with Crippen LogP contribution in [0.2, 0.25) is 0 Å². The zero-order chi connectivity index (χ0) is 13.2. The molecule has 1 unspecified atom stereocenters. The summed E-state index contributed by atoms with van der Waals surface area (Å²) >= 11 is 0. The molecule has 0 N–H and O–H groups in total. The van der Waals surface area contributed by atoms with Crippen molar-refractivity contribution in [3.05, 3.63) is 59.7 Å². The van der Waals surface area contributed by atoms with Gasteiger partial charge in [-0.3, -0.25) is 4.79 Å². The number of methoxy groups -OCH3 is 1. The molecule has 0 saturated heterocycles. The zero-order valence-electron chi connectivity index (χ0n) is 10.6. The van der Waals surface area contributed by atoms with Crippen LogP contribution in [-0.2, 0) is 0 Å². The fraction of sp³-hybridized carbons (Fsp3) is 0.188. The average Bonchev–Trinajstić information content (AvgIpc) is 2.48. The van der Waals surface area contributed by atoms with E-state index in [-0.39, 0.29) is 11.7 Å². The summed E-state index contributed by atoms with van der Waals surface area (Å²) in [5.41, 5.74) is 1.62. The molecule has 0 fully saturated rings. The molecular formula is C16H14O3. The third-order valence-electron chi connectivity index (χ3n) is 3.38. The third kappa shape index (κ3) is 2.08. The van der Waals surface area contributed by atoms with Gasteiger partial charge in [-0.1, -0.05) is 30.3 Å². The van der Waals surface area contributed by atoms with Gasteiger partial charge in [0.15, 0.2) is 5.78 Å². The first kappa shape index (κ1) is 11.8. The fourth-order valence-electron chi connectivity index (χ4n) is 2.32. The van der Waals surface area contributed by atoms with Crippen molar-refractivity contribution in [2.45, 2.75) is 5.92 Å². The smallest absolute Gasteiger partial charge is 0.177 e. The molecule has 0 amide bonds. The van der Waals surface area contributed by atoms with E-state index in [0.717, 1.165) is 5.56 Å². The maximum absolute atomic E-state index is 12.5. The predicted octanol–water partition coefficient (Wildman–Crippen LogP) is 3.05. The highest BCUT2D eigenvalue weighted by Gasteiger charge is 2.30. The predicted molar refractivity (Wildman–Crippen MR) is 72.0 cm³/mol. The molecule has 0 spiro atoms. The number of ether oxygens (including phenoxy) is 2. The first-order valence-corrected chi connectivity index (χ1v) is 6.19. The van der Waals surface area contributed by atoms with Crippen molar-refractivity contribution >= 4 is 5.78 Å². The Morgan fingerprint density at radius 1 is 1.16 bits per heavy atom. The molecule has 2 aromatic carbocycles. The lowest BCUT2D eigenvalue weighted by molar-refractivity contribution is 0.0896.